The average Bonchev–Trinajstić information content (AvgIpc) is 2.25. The van der Waals surface area contributed by atoms with Gasteiger partial charge in [0.15, 0.2) is 0 Å². The molecule has 0 N–H and O–H groups in total. The number of rotatable bonds is 10. The largest absolute Gasteiger partial charge is 0.0654 e. The van der Waals surface area contributed by atoms with Gasteiger partial charge in [-0.05, 0) is 36.5 Å². The van der Waals surface area contributed by atoms with Gasteiger partial charge in [-0.2, -0.15) is 0 Å². The van der Waals surface area contributed by atoms with Gasteiger partial charge in [0.2, 0.25) is 0 Å². The molecule has 0 amide bonds. The topological polar surface area (TPSA) is 0 Å². The van der Waals surface area contributed by atoms with E-state index in [4.69, 9.17) is 0 Å². The van der Waals surface area contributed by atoms with Crippen LogP contribution < -0.4 is 0 Å². The zero-order valence-electron chi connectivity index (χ0n) is 13.3. The molecule has 0 aliphatic rings. The van der Waals surface area contributed by atoms with Crippen molar-refractivity contribution in [1.29, 1.82) is 0 Å². The van der Waals surface area contributed by atoms with Gasteiger partial charge < -0.3 is 0 Å². The van der Waals surface area contributed by atoms with E-state index in [2.05, 4.69) is 41.5 Å². The quantitative estimate of drug-likeness (QED) is 0.420. The van der Waals surface area contributed by atoms with Crippen LogP contribution in [0.25, 0.3) is 0 Å². The Morgan fingerprint density at radius 3 is 1.76 bits per heavy atom. The van der Waals surface area contributed by atoms with Gasteiger partial charge in [-0.25, -0.2) is 0 Å². The molecule has 3 unspecified atom stereocenters. The lowest BCUT2D eigenvalue weighted by molar-refractivity contribution is 0.279. The minimum Gasteiger partial charge on any atom is -0.0654 e. The molecule has 0 heterocycles. The van der Waals surface area contributed by atoms with Crippen LogP contribution in [0.2, 0.25) is 0 Å². The van der Waals surface area contributed by atoms with Crippen LogP contribution in [0.15, 0.2) is 0 Å². The fourth-order valence-corrected chi connectivity index (χ4v) is 2.82. The zero-order valence-corrected chi connectivity index (χ0v) is 13.3. The predicted molar refractivity (Wildman–Crippen MR) is 80.3 cm³/mol. The molecule has 0 saturated carbocycles. The second-order valence-electron chi connectivity index (χ2n) is 6.72. The molecule has 0 saturated heterocycles. The van der Waals surface area contributed by atoms with Gasteiger partial charge in [0.1, 0.15) is 0 Å². The van der Waals surface area contributed by atoms with Crippen molar-refractivity contribution in [3.05, 3.63) is 0 Å². The van der Waals surface area contributed by atoms with Crippen LogP contribution in [0, 0.1) is 23.7 Å². The van der Waals surface area contributed by atoms with Crippen molar-refractivity contribution in [3.63, 3.8) is 0 Å². The van der Waals surface area contributed by atoms with E-state index in [1.165, 1.54) is 44.9 Å². The van der Waals surface area contributed by atoms with Crippen molar-refractivity contribution in [1.82, 2.24) is 0 Å². The summed E-state index contributed by atoms with van der Waals surface area (Å²) in [5, 5.41) is 0. The lowest BCUT2D eigenvalue weighted by Gasteiger charge is -2.24. The third kappa shape index (κ3) is 9.68. The number of hydrogen-bond acceptors (Lipinski definition) is 0. The molecule has 0 aromatic heterocycles. The third-order valence-corrected chi connectivity index (χ3v) is 4.10. The predicted octanol–water partition coefficient (Wildman–Crippen LogP) is 6.30. The summed E-state index contributed by atoms with van der Waals surface area (Å²) in [5.74, 6) is 3.70. The van der Waals surface area contributed by atoms with Crippen LogP contribution >= 0.6 is 0 Å². The lowest BCUT2D eigenvalue weighted by Crippen LogP contribution is -2.11. The molecule has 0 aliphatic carbocycles. The SMILES string of the molecule is CCCC(C)CC(CCC(C)C)CC(C)CC. The van der Waals surface area contributed by atoms with E-state index in [1.807, 2.05) is 0 Å². The molecule has 0 spiro atoms. The highest BCUT2D eigenvalue weighted by Crippen LogP contribution is 2.28. The van der Waals surface area contributed by atoms with E-state index < -0.39 is 0 Å². The Balaban J connectivity index is 4.09. The Morgan fingerprint density at radius 1 is 0.706 bits per heavy atom. The van der Waals surface area contributed by atoms with Gasteiger partial charge in [-0.3, -0.25) is 0 Å². The molecule has 0 aromatic rings. The van der Waals surface area contributed by atoms with Gasteiger partial charge in [0.25, 0.3) is 0 Å². The second kappa shape index (κ2) is 9.97. The van der Waals surface area contributed by atoms with Crippen LogP contribution in [0.3, 0.4) is 0 Å². The standard InChI is InChI=1S/C17H36/c1-7-9-16(6)13-17(11-10-14(3)4)12-15(5)8-2/h14-17H,7-13H2,1-6H3. The van der Waals surface area contributed by atoms with Gasteiger partial charge in [-0.15, -0.1) is 0 Å². The first-order chi connectivity index (χ1) is 7.99. The van der Waals surface area contributed by atoms with Crippen LogP contribution in [-0.4, -0.2) is 0 Å². The minimum absolute atomic E-state index is 0.871. The monoisotopic (exact) mass is 240 g/mol. The summed E-state index contributed by atoms with van der Waals surface area (Å²) < 4.78 is 0. The van der Waals surface area contributed by atoms with Gasteiger partial charge in [0.05, 0.1) is 0 Å². The van der Waals surface area contributed by atoms with Crippen LogP contribution in [0.5, 0.6) is 0 Å². The maximum atomic E-state index is 2.45. The van der Waals surface area contributed by atoms with Crippen molar-refractivity contribution < 1.29 is 0 Å². The van der Waals surface area contributed by atoms with E-state index in [9.17, 15) is 0 Å². The van der Waals surface area contributed by atoms with E-state index in [0.29, 0.717) is 0 Å². The smallest absolute Gasteiger partial charge is 0.0409 e. The first-order valence-electron chi connectivity index (χ1n) is 7.99. The van der Waals surface area contributed by atoms with E-state index in [-0.39, 0.29) is 0 Å². The maximum absolute atomic E-state index is 2.45. The fraction of sp³-hybridized carbons (Fsp3) is 1.00. The summed E-state index contributed by atoms with van der Waals surface area (Å²) >= 11 is 0. The first-order valence-corrected chi connectivity index (χ1v) is 7.99. The molecule has 0 fully saturated rings. The van der Waals surface area contributed by atoms with Crippen molar-refractivity contribution in [3.8, 4) is 0 Å². The fourth-order valence-electron chi connectivity index (χ4n) is 2.82. The summed E-state index contributed by atoms with van der Waals surface area (Å²) in [6.07, 6.45) is 9.90. The summed E-state index contributed by atoms with van der Waals surface area (Å²) in [4.78, 5) is 0. The third-order valence-electron chi connectivity index (χ3n) is 4.10. The Morgan fingerprint density at radius 2 is 1.29 bits per heavy atom. The molecule has 0 radical (unpaired) electrons. The first kappa shape index (κ1) is 17.0. The van der Waals surface area contributed by atoms with Crippen molar-refractivity contribution in [2.45, 2.75) is 86.5 Å². The molecule has 0 heteroatoms. The Labute approximate surface area is 111 Å². The molecule has 0 bridgehead atoms. The lowest BCUT2D eigenvalue weighted by atomic mass is 9.82. The van der Waals surface area contributed by atoms with E-state index >= 15 is 0 Å². The molecule has 0 aromatic carbocycles. The zero-order chi connectivity index (χ0) is 13.3. The minimum atomic E-state index is 0.871. The average molecular weight is 240 g/mol. The summed E-state index contributed by atoms with van der Waals surface area (Å²) in [6.45, 7) is 14.2. The summed E-state index contributed by atoms with van der Waals surface area (Å²) in [6, 6.07) is 0. The van der Waals surface area contributed by atoms with Gasteiger partial charge >= 0.3 is 0 Å². The molecule has 3 atom stereocenters. The van der Waals surface area contributed by atoms with Crippen molar-refractivity contribution in [2.75, 3.05) is 0 Å². The van der Waals surface area contributed by atoms with Gasteiger partial charge in [0, 0.05) is 0 Å². The molecule has 0 aliphatic heterocycles. The molecular formula is C17H36. The van der Waals surface area contributed by atoms with Gasteiger partial charge in [-0.1, -0.05) is 73.6 Å². The molecule has 0 nitrogen and oxygen atoms in total. The van der Waals surface area contributed by atoms with Crippen LogP contribution in [-0.2, 0) is 0 Å². The maximum Gasteiger partial charge on any atom is -0.0409 e. The summed E-state index contributed by atoms with van der Waals surface area (Å²) in [5.41, 5.74) is 0. The van der Waals surface area contributed by atoms with Crippen LogP contribution in [0.4, 0.5) is 0 Å². The highest BCUT2D eigenvalue weighted by molar-refractivity contribution is 4.68. The molecule has 17 heavy (non-hydrogen) atoms. The molecule has 0 rings (SSSR count). The Hall–Kier alpha value is 0. The Bertz CT molecular complexity index is 159. The van der Waals surface area contributed by atoms with Crippen molar-refractivity contribution in [2.24, 2.45) is 23.7 Å². The highest BCUT2D eigenvalue weighted by Gasteiger charge is 2.16. The van der Waals surface area contributed by atoms with Crippen molar-refractivity contribution >= 4 is 0 Å². The van der Waals surface area contributed by atoms with Crippen LogP contribution in [0.1, 0.15) is 86.5 Å². The second-order valence-corrected chi connectivity index (χ2v) is 6.72. The Kier molecular flexibility index (Phi) is 9.97. The summed E-state index contributed by atoms with van der Waals surface area (Å²) in [7, 11) is 0. The molecule has 104 valence electrons. The molecular weight excluding hydrogens is 204 g/mol. The highest BCUT2D eigenvalue weighted by atomic mass is 14.2. The number of hydrogen-bond donors (Lipinski definition) is 0. The van der Waals surface area contributed by atoms with E-state index in [1.54, 1.807) is 0 Å². The normalized spacial score (nSPS) is 17.1. The van der Waals surface area contributed by atoms with E-state index in [0.717, 1.165) is 23.7 Å².